The highest BCUT2D eigenvalue weighted by molar-refractivity contribution is 7.15. The van der Waals surface area contributed by atoms with Gasteiger partial charge < -0.3 is 5.32 Å². The van der Waals surface area contributed by atoms with Crippen molar-refractivity contribution in [3.05, 3.63) is 45.4 Å². The maximum Gasteiger partial charge on any atom is 0.416 e. The van der Waals surface area contributed by atoms with Gasteiger partial charge in [-0.25, -0.2) is 4.98 Å². The van der Waals surface area contributed by atoms with Crippen molar-refractivity contribution in [3.63, 3.8) is 0 Å². The van der Waals surface area contributed by atoms with Crippen LogP contribution in [0.1, 0.15) is 48.1 Å². The van der Waals surface area contributed by atoms with E-state index in [1.165, 1.54) is 17.2 Å². The molecule has 2 fully saturated rings. The Kier molecular flexibility index (Phi) is 6.76. The molecule has 2 heterocycles. The summed E-state index contributed by atoms with van der Waals surface area (Å²) in [4.78, 5) is 43.2. The zero-order valence-electron chi connectivity index (χ0n) is 17.5. The number of anilines is 1. The zero-order valence-corrected chi connectivity index (χ0v) is 19.0. The van der Waals surface area contributed by atoms with Gasteiger partial charge in [0.05, 0.1) is 17.4 Å². The maximum absolute atomic E-state index is 13.0. The van der Waals surface area contributed by atoms with Gasteiger partial charge in [0, 0.05) is 35.5 Å². The topological polar surface area (TPSA) is 79.4 Å². The minimum Gasteiger partial charge on any atom is -0.302 e. The van der Waals surface area contributed by atoms with E-state index in [1.807, 2.05) is 0 Å². The fourth-order valence-electron chi connectivity index (χ4n) is 4.37. The molecule has 2 aromatic rings. The summed E-state index contributed by atoms with van der Waals surface area (Å²) in [6, 6.07) is 3.14. The van der Waals surface area contributed by atoms with E-state index in [0.29, 0.717) is 10.4 Å². The second-order valence-electron chi connectivity index (χ2n) is 8.24. The molecule has 1 aromatic carbocycles. The molecule has 2 atom stereocenters. The Morgan fingerprint density at radius 1 is 1.18 bits per heavy atom. The lowest BCUT2D eigenvalue weighted by atomic mass is 9.81. The monoisotopic (exact) mass is 499 g/mol. The molecule has 1 aromatic heterocycles. The van der Waals surface area contributed by atoms with Gasteiger partial charge in [-0.1, -0.05) is 24.4 Å². The first-order valence-electron chi connectivity index (χ1n) is 10.6. The Balaban J connectivity index is 1.33. The maximum atomic E-state index is 13.0. The van der Waals surface area contributed by atoms with Crippen LogP contribution in [0.2, 0.25) is 5.02 Å². The Morgan fingerprint density at radius 3 is 2.48 bits per heavy atom. The highest BCUT2D eigenvalue weighted by Gasteiger charge is 2.47. The second kappa shape index (κ2) is 9.42. The highest BCUT2D eigenvalue weighted by atomic mass is 35.5. The first kappa shape index (κ1) is 23.7. The number of amides is 3. The van der Waals surface area contributed by atoms with Gasteiger partial charge in [0.15, 0.2) is 5.13 Å². The number of alkyl halides is 3. The highest BCUT2D eigenvalue weighted by Crippen LogP contribution is 2.38. The van der Waals surface area contributed by atoms with Crippen LogP contribution in [0.3, 0.4) is 0 Å². The third-order valence-corrected chi connectivity index (χ3v) is 7.31. The average Bonchev–Trinajstić information content (AvgIpc) is 3.30. The van der Waals surface area contributed by atoms with Crippen molar-refractivity contribution in [2.75, 3.05) is 11.9 Å². The molecular weight excluding hydrogens is 479 g/mol. The predicted molar refractivity (Wildman–Crippen MR) is 117 cm³/mol. The van der Waals surface area contributed by atoms with Crippen LogP contribution < -0.4 is 5.32 Å². The molecule has 0 radical (unpaired) electrons. The SMILES string of the molecule is O=C(CCN1C(=O)C2CCCCC2C1=O)Nc1ncc(Cc2cc(C(F)(F)F)ccc2Cl)s1. The average molecular weight is 500 g/mol. The molecule has 1 aliphatic heterocycles. The van der Waals surface area contributed by atoms with E-state index in [0.717, 1.165) is 49.2 Å². The number of nitrogens with zero attached hydrogens (tertiary/aromatic N) is 2. The minimum absolute atomic E-state index is 0.0224. The normalized spacial score (nSPS) is 20.8. The smallest absolute Gasteiger partial charge is 0.302 e. The van der Waals surface area contributed by atoms with Gasteiger partial charge in [-0.05, 0) is 36.6 Å². The molecule has 0 spiro atoms. The van der Waals surface area contributed by atoms with Crippen LogP contribution in [-0.4, -0.2) is 34.2 Å². The van der Waals surface area contributed by atoms with Crippen molar-refractivity contribution >= 4 is 45.8 Å². The molecular formula is C22H21ClF3N3O3S. The van der Waals surface area contributed by atoms with E-state index in [1.54, 1.807) is 0 Å². The molecule has 2 unspecified atom stereocenters. The molecule has 11 heteroatoms. The molecule has 4 rings (SSSR count). The largest absolute Gasteiger partial charge is 0.416 e. The number of fused-ring (bicyclic) bond motifs is 1. The quantitative estimate of drug-likeness (QED) is 0.573. The van der Waals surface area contributed by atoms with Crippen molar-refractivity contribution in [2.45, 2.75) is 44.7 Å². The van der Waals surface area contributed by atoms with Crippen molar-refractivity contribution in [1.82, 2.24) is 9.88 Å². The number of nitrogens with one attached hydrogen (secondary N) is 1. The molecule has 0 bridgehead atoms. The van der Waals surface area contributed by atoms with E-state index < -0.39 is 17.6 Å². The lowest BCUT2D eigenvalue weighted by molar-refractivity contribution is -0.140. The molecule has 1 saturated carbocycles. The van der Waals surface area contributed by atoms with Gasteiger partial charge in [-0.15, -0.1) is 11.3 Å². The van der Waals surface area contributed by atoms with E-state index in [9.17, 15) is 27.6 Å². The summed E-state index contributed by atoms with van der Waals surface area (Å²) >= 11 is 7.17. The summed E-state index contributed by atoms with van der Waals surface area (Å²) < 4.78 is 38.9. The number of carbonyl (C=O) groups is 3. The van der Waals surface area contributed by atoms with E-state index in [2.05, 4.69) is 10.3 Å². The number of carbonyl (C=O) groups excluding carboxylic acids is 3. The van der Waals surface area contributed by atoms with Gasteiger partial charge >= 0.3 is 6.18 Å². The van der Waals surface area contributed by atoms with Gasteiger partial charge in [0.2, 0.25) is 17.7 Å². The summed E-state index contributed by atoms with van der Waals surface area (Å²) in [5, 5.41) is 3.11. The molecule has 6 nitrogen and oxygen atoms in total. The van der Waals surface area contributed by atoms with Gasteiger partial charge in [-0.3, -0.25) is 19.3 Å². The molecule has 3 amide bonds. The third-order valence-electron chi connectivity index (χ3n) is 6.03. The molecule has 176 valence electrons. The van der Waals surface area contributed by atoms with Gasteiger partial charge in [-0.2, -0.15) is 13.2 Å². The van der Waals surface area contributed by atoms with Crippen LogP contribution in [0.4, 0.5) is 18.3 Å². The molecule has 1 N–H and O–H groups in total. The number of thiazole rings is 1. The summed E-state index contributed by atoms with van der Waals surface area (Å²) in [5.41, 5.74) is -0.480. The van der Waals surface area contributed by atoms with Crippen LogP contribution in [0.15, 0.2) is 24.4 Å². The lowest BCUT2D eigenvalue weighted by Gasteiger charge is -2.19. The number of hydrogen-bond donors (Lipinski definition) is 1. The van der Waals surface area contributed by atoms with Crippen molar-refractivity contribution in [1.29, 1.82) is 0 Å². The summed E-state index contributed by atoms with van der Waals surface area (Å²) in [5.74, 6) is -1.28. The summed E-state index contributed by atoms with van der Waals surface area (Å²) in [7, 11) is 0. The fraction of sp³-hybridized carbons (Fsp3) is 0.455. The van der Waals surface area contributed by atoms with Crippen molar-refractivity contribution < 1.29 is 27.6 Å². The Bertz CT molecular complexity index is 1060. The Morgan fingerprint density at radius 2 is 1.85 bits per heavy atom. The standard InChI is InChI=1S/C22H21ClF3N3O3S/c23-17-6-5-13(22(24,25)26)9-12(17)10-14-11-27-21(33-14)28-18(30)7-8-29-19(31)15-3-1-2-4-16(15)20(29)32/h5-6,9,11,15-16H,1-4,7-8,10H2,(H,27,28,30). The number of imide groups is 1. The van der Waals surface area contributed by atoms with Gasteiger partial charge in [0.1, 0.15) is 0 Å². The van der Waals surface area contributed by atoms with Crippen molar-refractivity contribution in [2.24, 2.45) is 11.8 Å². The Labute approximate surface area is 197 Å². The number of hydrogen-bond acceptors (Lipinski definition) is 5. The van der Waals surface area contributed by atoms with Gasteiger partial charge in [0.25, 0.3) is 0 Å². The number of aromatic nitrogens is 1. The first-order chi connectivity index (χ1) is 15.6. The summed E-state index contributed by atoms with van der Waals surface area (Å²) in [6.07, 6.45) is 0.392. The number of rotatable bonds is 6. The second-order valence-corrected chi connectivity index (χ2v) is 9.76. The van der Waals surface area contributed by atoms with Crippen LogP contribution in [-0.2, 0) is 27.0 Å². The lowest BCUT2D eigenvalue weighted by Crippen LogP contribution is -2.34. The van der Waals surface area contributed by atoms with Crippen LogP contribution >= 0.6 is 22.9 Å². The molecule has 2 aliphatic rings. The van der Waals surface area contributed by atoms with Crippen LogP contribution in [0, 0.1) is 11.8 Å². The van der Waals surface area contributed by atoms with E-state index in [-0.39, 0.29) is 53.2 Å². The van der Waals surface area contributed by atoms with Crippen LogP contribution in [0.25, 0.3) is 0 Å². The Hall–Kier alpha value is -2.46. The number of halogens is 4. The zero-order chi connectivity index (χ0) is 23.8. The molecule has 33 heavy (non-hydrogen) atoms. The van der Waals surface area contributed by atoms with E-state index >= 15 is 0 Å². The van der Waals surface area contributed by atoms with Crippen molar-refractivity contribution in [3.8, 4) is 0 Å². The van der Waals surface area contributed by atoms with Crippen LogP contribution in [0.5, 0.6) is 0 Å². The minimum atomic E-state index is -4.47. The number of likely N-dealkylation sites (tertiary alicyclic amines) is 1. The fourth-order valence-corrected chi connectivity index (χ4v) is 5.40. The number of benzene rings is 1. The predicted octanol–water partition coefficient (Wildman–Crippen LogP) is 4.91. The molecule has 1 aliphatic carbocycles. The van der Waals surface area contributed by atoms with E-state index in [4.69, 9.17) is 11.6 Å². The third kappa shape index (κ3) is 5.22. The molecule has 1 saturated heterocycles. The first-order valence-corrected chi connectivity index (χ1v) is 11.8. The summed E-state index contributed by atoms with van der Waals surface area (Å²) in [6.45, 7) is 0.0224.